The molecule has 0 unspecified atom stereocenters. The summed E-state index contributed by atoms with van der Waals surface area (Å²) in [5.41, 5.74) is 0.245. The van der Waals surface area contributed by atoms with Gasteiger partial charge in [0.2, 0.25) is 10.0 Å². The SMILES string of the molecule is CC(C)n1nccc1NC(=O)c1ccc(Br)c(S(=O)(=O)N(C)C)c1. The van der Waals surface area contributed by atoms with E-state index in [4.69, 9.17) is 0 Å². The van der Waals surface area contributed by atoms with Crippen LogP contribution in [0.1, 0.15) is 30.2 Å². The van der Waals surface area contributed by atoms with Gasteiger partial charge in [0.05, 0.1) is 11.1 Å². The molecule has 0 saturated heterocycles. The zero-order chi connectivity index (χ0) is 18.1. The first-order valence-corrected chi connectivity index (χ1v) is 9.45. The van der Waals surface area contributed by atoms with Gasteiger partial charge in [-0.25, -0.2) is 17.4 Å². The Morgan fingerprint density at radius 3 is 2.54 bits per heavy atom. The molecule has 1 aromatic heterocycles. The summed E-state index contributed by atoms with van der Waals surface area (Å²) in [6, 6.07) is 6.23. The maximum absolute atomic E-state index is 12.5. The van der Waals surface area contributed by atoms with Gasteiger partial charge in [0, 0.05) is 36.2 Å². The predicted octanol–water partition coefficient (Wildman–Crippen LogP) is 2.73. The Hall–Kier alpha value is -1.71. The van der Waals surface area contributed by atoms with Crippen LogP contribution in [0.15, 0.2) is 39.8 Å². The lowest BCUT2D eigenvalue weighted by Gasteiger charge is -2.15. The smallest absolute Gasteiger partial charge is 0.256 e. The van der Waals surface area contributed by atoms with E-state index in [1.807, 2.05) is 13.8 Å². The fourth-order valence-corrected chi connectivity index (χ4v) is 3.90. The third-order valence-corrected chi connectivity index (χ3v) is 6.16. The lowest BCUT2D eigenvalue weighted by Crippen LogP contribution is -2.23. The summed E-state index contributed by atoms with van der Waals surface area (Å²) in [6.07, 6.45) is 1.60. The average Bonchev–Trinajstić information content (AvgIpc) is 2.95. The first-order chi connectivity index (χ1) is 11.1. The Morgan fingerprint density at radius 2 is 1.96 bits per heavy atom. The molecule has 0 spiro atoms. The minimum Gasteiger partial charge on any atom is -0.307 e. The van der Waals surface area contributed by atoms with Gasteiger partial charge in [-0.3, -0.25) is 4.79 Å². The van der Waals surface area contributed by atoms with Crippen LogP contribution in [0.4, 0.5) is 5.82 Å². The topological polar surface area (TPSA) is 84.3 Å². The minimum atomic E-state index is -3.66. The van der Waals surface area contributed by atoms with Crippen LogP contribution >= 0.6 is 15.9 Å². The zero-order valence-electron chi connectivity index (χ0n) is 13.8. The summed E-state index contributed by atoms with van der Waals surface area (Å²) >= 11 is 3.22. The second kappa shape index (κ2) is 7.04. The largest absolute Gasteiger partial charge is 0.307 e. The number of amides is 1. The van der Waals surface area contributed by atoms with Gasteiger partial charge in [0.1, 0.15) is 5.82 Å². The van der Waals surface area contributed by atoms with Crippen LogP contribution in [0.5, 0.6) is 0 Å². The highest BCUT2D eigenvalue weighted by Gasteiger charge is 2.22. The minimum absolute atomic E-state index is 0.0394. The van der Waals surface area contributed by atoms with Crippen LogP contribution in [0.25, 0.3) is 0 Å². The molecule has 0 aliphatic carbocycles. The summed E-state index contributed by atoms with van der Waals surface area (Å²) in [7, 11) is -0.778. The molecule has 0 aliphatic heterocycles. The number of nitrogens with one attached hydrogen (secondary N) is 1. The number of nitrogens with zero attached hydrogens (tertiary/aromatic N) is 3. The average molecular weight is 415 g/mol. The van der Waals surface area contributed by atoms with Crippen LogP contribution in [0.2, 0.25) is 0 Å². The molecule has 0 fully saturated rings. The van der Waals surface area contributed by atoms with Gasteiger partial charge in [-0.05, 0) is 48.0 Å². The van der Waals surface area contributed by atoms with Crippen molar-refractivity contribution in [3.05, 3.63) is 40.5 Å². The quantitative estimate of drug-likeness (QED) is 0.814. The first-order valence-electron chi connectivity index (χ1n) is 7.21. The third kappa shape index (κ3) is 3.68. The summed E-state index contributed by atoms with van der Waals surface area (Å²) < 4.78 is 27.9. The summed E-state index contributed by atoms with van der Waals surface area (Å²) in [4.78, 5) is 12.5. The molecular weight excluding hydrogens is 396 g/mol. The van der Waals surface area contributed by atoms with E-state index in [0.717, 1.165) is 4.31 Å². The predicted molar refractivity (Wildman–Crippen MR) is 95.6 cm³/mol. The Labute approximate surface area is 149 Å². The molecule has 1 amide bonds. The second-order valence-corrected chi connectivity index (χ2v) is 8.62. The Bertz CT molecular complexity index is 859. The van der Waals surface area contributed by atoms with E-state index in [0.29, 0.717) is 10.3 Å². The Balaban J connectivity index is 2.36. The number of rotatable bonds is 5. The molecule has 0 bridgehead atoms. The van der Waals surface area contributed by atoms with Crippen molar-refractivity contribution in [3.8, 4) is 0 Å². The molecule has 2 aromatic rings. The monoisotopic (exact) mass is 414 g/mol. The lowest BCUT2D eigenvalue weighted by molar-refractivity contribution is 0.102. The van der Waals surface area contributed by atoms with Gasteiger partial charge < -0.3 is 5.32 Å². The van der Waals surface area contributed by atoms with Gasteiger partial charge in [0.25, 0.3) is 5.91 Å². The molecule has 1 N–H and O–H groups in total. The summed E-state index contributed by atoms with van der Waals surface area (Å²) in [5.74, 6) is 0.148. The standard InChI is InChI=1S/C15H19BrN4O3S/c1-10(2)20-14(7-8-17-20)18-15(21)11-5-6-12(16)13(9-11)24(22,23)19(3)4/h5-10H,1-4H3,(H,18,21). The molecule has 1 aromatic carbocycles. The van der Waals surface area contributed by atoms with Crippen molar-refractivity contribution in [3.63, 3.8) is 0 Å². The van der Waals surface area contributed by atoms with E-state index < -0.39 is 15.9 Å². The molecule has 7 nitrogen and oxygen atoms in total. The molecule has 2 rings (SSSR count). The van der Waals surface area contributed by atoms with E-state index >= 15 is 0 Å². The lowest BCUT2D eigenvalue weighted by atomic mass is 10.2. The van der Waals surface area contributed by atoms with Crippen molar-refractivity contribution in [1.82, 2.24) is 14.1 Å². The number of anilines is 1. The first kappa shape index (κ1) is 18.6. The highest BCUT2D eigenvalue weighted by Crippen LogP contribution is 2.25. The molecule has 0 aliphatic rings. The van der Waals surface area contributed by atoms with E-state index in [1.54, 1.807) is 29.1 Å². The van der Waals surface area contributed by atoms with Crippen molar-refractivity contribution >= 4 is 37.7 Å². The molecule has 1 heterocycles. The van der Waals surface area contributed by atoms with E-state index in [1.165, 1.54) is 20.2 Å². The van der Waals surface area contributed by atoms with Crippen LogP contribution < -0.4 is 5.32 Å². The van der Waals surface area contributed by atoms with E-state index in [-0.39, 0.29) is 16.5 Å². The Kier molecular flexibility index (Phi) is 5.46. The van der Waals surface area contributed by atoms with Gasteiger partial charge in [-0.1, -0.05) is 0 Å². The number of carbonyl (C=O) groups excluding carboxylic acids is 1. The number of aromatic nitrogens is 2. The number of benzene rings is 1. The molecule has 130 valence electrons. The van der Waals surface area contributed by atoms with E-state index in [9.17, 15) is 13.2 Å². The summed E-state index contributed by atoms with van der Waals surface area (Å²) in [6.45, 7) is 3.90. The molecule has 24 heavy (non-hydrogen) atoms. The number of hydrogen-bond acceptors (Lipinski definition) is 4. The molecule has 0 atom stereocenters. The second-order valence-electron chi connectivity index (χ2n) is 5.64. The third-order valence-electron chi connectivity index (χ3n) is 3.35. The van der Waals surface area contributed by atoms with Crippen LogP contribution in [0.3, 0.4) is 0 Å². The van der Waals surface area contributed by atoms with Gasteiger partial charge >= 0.3 is 0 Å². The zero-order valence-corrected chi connectivity index (χ0v) is 16.2. The van der Waals surface area contributed by atoms with Crippen molar-refractivity contribution < 1.29 is 13.2 Å². The fourth-order valence-electron chi connectivity index (χ4n) is 2.05. The number of carbonyl (C=O) groups is 1. The maximum Gasteiger partial charge on any atom is 0.256 e. The van der Waals surface area contributed by atoms with Crippen LogP contribution in [-0.4, -0.2) is 42.5 Å². The number of sulfonamides is 1. The number of hydrogen-bond donors (Lipinski definition) is 1. The molecule has 0 radical (unpaired) electrons. The van der Waals surface area contributed by atoms with Gasteiger partial charge in [0.15, 0.2) is 0 Å². The highest BCUT2D eigenvalue weighted by atomic mass is 79.9. The summed E-state index contributed by atoms with van der Waals surface area (Å²) in [5, 5.41) is 6.90. The van der Waals surface area contributed by atoms with Crippen LogP contribution in [-0.2, 0) is 10.0 Å². The van der Waals surface area contributed by atoms with Gasteiger partial charge in [-0.15, -0.1) is 0 Å². The van der Waals surface area contributed by atoms with Crippen molar-refractivity contribution in [2.75, 3.05) is 19.4 Å². The molecule has 9 heteroatoms. The van der Waals surface area contributed by atoms with Crippen molar-refractivity contribution in [2.24, 2.45) is 0 Å². The maximum atomic E-state index is 12.5. The normalized spacial score (nSPS) is 12.0. The fraction of sp³-hybridized carbons (Fsp3) is 0.333. The Morgan fingerprint density at radius 1 is 1.29 bits per heavy atom. The molecular formula is C15H19BrN4O3S. The van der Waals surface area contributed by atoms with Gasteiger partial charge in [-0.2, -0.15) is 5.10 Å². The van der Waals surface area contributed by atoms with Crippen LogP contribution in [0, 0.1) is 0 Å². The van der Waals surface area contributed by atoms with E-state index in [2.05, 4.69) is 26.3 Å². The highest BCUT2D eigenvalue weighted by molar-refractivity contribution is 9.10. The van der Waals surface area contributed by atoms with Crippen molar-refractivity contribution in [2.45, 2.75) is 24.8 Å². The van der Waals surface area contributed by atoms with Crippen molar-refractivity contribution in [1.29, 1.82) is 0 Å². The number of halogens is 1. The molecule has 0 saturated carbocycles.